The lowest BCUT2D eigenvalue weighted by Crippen LogP contribution is -2.62. The van der Waals surface area contributed by atoms with Crippen molar-refractivity contribution in [2.24, 2.45) is 5.41 Å². The van der Waals surface area contributed by atoms with E-state index in [4.69, 9.17) is 4.74 Å². The first-order valence-corrected chi connectivity index (χ1v) is 12.9. The molecule has 2 aliphatic carbocycles. The fourth-order valence-electron chi connectivity index (χ4n) is 6.32. The zero-order valence-electron chi connectivity index (χ0n) is 20.8. The van der Waals surface area contributed by atoms with Gasteiger partial charge in [-0.2, -0.15) is 0 Å². The summed E-state index contributed by atoms with van der Waals surface area (Å²) in [6.45, 7) is 9.27. The molecule has 33 heavy (non-hydrogen) atoms. The molecule has 4 fully saturated rings. The first kappa shape index (κ1) is 23.1. The summed E-state index contributed by atoms with van der Waals surface area (Å²) in [7, 11) is 2.05. The van der Waals surface area contributed by atoms with E-state index in [0.29, 0.717) is 17.4 Å². The molecule has 0 bridgehead atoms. The van der Waals surface area contributed by atoms with E-state index in [2.05, 4.69) is 34.1 Å². The van der Waals surface area contributed by atoms with Crippen LogP contribution in [0.3, 0.4) is 0 Å². The molecule has 1 N–H and O–H groups in total. The van der Waals surface area contributed by atoms with Crippen molar-refractivity contribution in [1.82, 2.24) is 14.7 Å². The minimum Gasteiger partial charge on any atom is -0.444 e. The van der Waals surface area contributed by atoms with Gasteiger partial charge in [0, 0.05) is 32.2 Å². The third-order valence-corrected chi connectivity index (χ3v) is 8.42. The maximum absolute atomic E-state index is 12.5. The number of piperazine rings is 1. The molecule has 2 saturated carbocycles. The van der Waals surface area contributed by atoms with Crippen molar-refractivity contribution in [3.8, 4) is 0 Å². The van der Waals surface area contributed by atoms with Crippen molar-refractivity contribution < 1.29 is 14.6 Å². The summed E-state index contributed by atoms with van der Waals surface area (Å²) < 4.78 is 5.58. The molecule has 5 rings (SSSR count). The second-order valence-electron chi connectivity index (χ2n) is 12.0. The number of rotatable bonds is 3. The number of benzene rings is 1. The van der Waals surface area contributed by atoms with E-state index in [0.717, 1.165) is 39.0 Å². The van der Waals surface area contributed by atoms with Crippen molar-refractivity contribution in [2.75, 3.05) is 33.2 Å². The molecule has 4 aliphatic rings. The van der Waals surface area contributed by atoms with Gasteiger partial charge in [-0.3, -0.25) is 9.80 Å². The topological polar surface area (TPSA) is 56.2 Å². The number of hydrogen-bond acceptors (Lipinski definition) is 5. The van der Waals surface area contributed by atoms with Gasteiger partial charge >= 0.3 is 6.09 Å². The number of hydrogen-bond donors (Lipinski definition) is 1. The van der Waals surface area contributed by atoms with Crippen molar-refractivity contribution in [3.05, 3.63) is 35.4 Å². The first-order valence-electron chi connectivity index (χ1n) is 12.9. The number of carbonyl (C=O) groups is 1. The van der Waals surface area contributed by atoms with Crippen LogP contribution < -0.4 is 0 Å². The highest BCUT2D eigenvalue weighted by Crippen LogP contribution is 2.54. The van der Waals surface area contributed by atoms with Gasteiger partial charge in [-0.1, -0.05) is 24.3 Å². The molecule has 6 heteroatoms. The van der Waals surface area contributed by atoms with Gasteiger partial charge in [-0.15, -0.1) is 0 Å². The predicted octanol–water partition coefficient (Wildman–Crippen LogP) is 4.35. The highest BCUT2D eigenvalue weighted by atomic mass is 16.6. The van der Waals surface area contributed by atoms with Crippen molar-refractivity contribution in [1.29, 1.82) is 0 Å². The first-order chi connectivity index (χ1) is 15.7. The number of ether oxygens (including phenoxy) is 1. The third kappa shape index (κ3) is 4.67. The van der Waals surface area contributed by atoms with Gasteiger partial charge in [0.1, 0.15) is 11.8 Å². The molecule has 1 spiro atoms. The maximum Gasteiger partial charge on any atom is 0.410 e. The molecule has 1 amide bonds. The molecule has 2 atom stereocenters. The lowest BCUT2D eigenvalue weighted by Gasteiger charge is -2.58. The maximum atomic E-state index is 12.5. The van der Waals surface area contributed by atoms with Gasteiger partial charge in [-0.25, -0.2) is 4.79 Å². The predicted molar refractivity (Wildman–Crippen MR) is 129 cm³/mol. The summed E-state index contributed by atoms with van der Waals surface area (Å²) in [6.07, 6.45) is 6.37. The Bertz CT molecular complexity index is 862. The Kier molecular flexibility index (Phi) is 5.99. The SMILES string of the molecule is CN1CCN(C2CC3(CCN(C(=O)OC(C)(C)C)CC3)C2)C(c2ccccc2C2CC2)C1O. The Morgan fingerprint density at radius 1 is 1.03 bits per heavy atom. The van der Waals surface area contributed by atoms with E-state index in [1.54, 1.807) is 0 Å². The Morgan fingerprint density at radius 3 is 2.27 bits per heavy atom. The second-order valence-corrected chi connectivity index (χ2v) is 12.0. The largest absolute Gasteiger partial charge is 0.444 e. The average Bonchev–Trinajstić information content (AvgIpc) is 3.58. The van der Waals surface area contributed by atoms with Gasteiger partial charge in [0.25, 0.3) is 0 Å². The fraction of sp³-hybridized carbons (Fsp3) is 0.741. The van der Waals surface area contributed by atoms with Gasteiger partial charge in [-0.05, 0) is 88.8 Å². The van der Waals surface area contributed by atoms with Crippen molar-refractivity contribution in [3.63, 3.8) is 0 Å². The highest BCUT2D eigenvalue weighted by Gasteiger charge is 2.52. The highest BCUT2D eigenvalue weighted by molar-refractivity contribution is 5.68. The number of likely N-dealkylation sites (N-methyl/N-ethyl adjacent to an activating group) is 1. The summed E-state index contributed by atoms with van der Waals surface area (Å²) >= 11 is 0. The lowest BCUT2D eigenvalue weighted by molar-refractivity contribution is -0.137. The van der Waals surface area contributed by atoms with Crippen LogP contribution in [0.25, 0.3) is 0 Å². The molecule has 0 radical (unpaired) electrons. The number of piperidine rings is 1. The minimum atomic E-state index is -0.468. The lowest BCUT2D eigenvalue weighted by atomic mass is 9.59. The Morgan fingerprint density at radius 2 is 1.67 bits per heavy atom. The summed E-state index contributed by atoms with van der Waals surface area (Å²) in [4.78, 5) is 19.1. The summed E-state index contributed by atoms with van der Waals surface area (Å²) in [5.74, 6) is 0.674. The van der Waals surface area contributed by atoms with Crippen LogP contribution in [0.1, 0.15) is 82.4 Å². The number of nitrogens with zero attached hydrogens (tertiary/aromatic N) is 3. The van der Waals surface area contributed by atoms with E-state index < -0.39 is 11.8 Å². The normalized spacial score (nSPS) is 29.2. The standard InChI is InChI=1S/C27H41N3O3/c1-26(2,3)33-25(32)29-13-11-27(12-14-29)17-20(18-27)30-16-15-28(4)24(31)23(30)22-8-6-5-7-21(22)19-9-10-19/h5-8,19-20,23-24,31H,9-18H2,1-4H3. The van der Waals surface area contributed by atoms with Crippen LogP contribution in [0, 0.1) is 5.41 Å². The van der Waals surface area contributed by atoms with Gasteiger partial charge in [0.05, 0.1) is 6.04 Å². The molecule has 2 saturated heterocycles. The molecule has 1 aromatic carbocycles. The number of likely N-dealkylation sites (tertiary alicyclic amines) is 1. The number of carbonyl (C=O) groups excluding carboxylic acids is 1. The van der Waals surface area contributed by atoms with Gasteiger partial charge in [0.2, 0.25) is 0 Å². The van der Waals surface area contributed by atoms with Gasteiger partial charge < -0.3 is 14.7 Å². The van der Waals surface area contributed by atoms with Crippen LogP contribution in [-0.2, 0) is 4.74 Å². The minimum absolute atomic E-state index is 0.0461. The van der Waals surface area contributed by atoms with E-state index in [1.165, 1.54) is 36.8 Å². The molecule has 6 nitrogen and oxygen atoms in total. The summed E-state index contributed by atoms with van der Waals surface area (Å²) in [5.41, 5.74) is 2.68. The van der Waals surface area contributed by atoms with E-state index >= 15 is 0 Å². The average molecular weight is 456 g/mol. The quantitative estimate of drug-likeness (QED) is 0.734. The van der Waals surface area contributed by atoms with Crippen LogP contribution in [0.15, 0.2) is 24.3 Å². The molecule has 182 valence electrons. The van der Waals surface area contributed by atoms with Crippen LogP contribution >= 0.6 is 0 Å². The molecular weight excluding hydrogens is 414 g/mol. The van der Waals surface area contributed by atoms with Crippen LogP contribution in [-0.4, -0.2) is 77.0 Å². The Labute approximate surface area is 198 Å². The zero-order chi connectivity index (χ0) is 23.4. The van der Waals surface area contributed by atoms with Crippen molar-refractivity contribution >= 4 is 6.09 Å². The van der Waals surface area contributed by atoms with Crippen LogP contribution in [0.2, 0.25) is 0 Å². The van der Waals surface area contributed by atoms with Crippen LogP contribution in [0.4, 0.5) is 4.79 Å². The van der Waals surface area contributed by atoms with Crippen LogP contribution in [0.5, 0.6) is 0 Å². The summed E-state index contributed by atoms with van der Waals surface area (Å²) in [5, 5.41) is 11.3. The molecular formula is C27H41N3O3. The third-order valence-electron chi connectivity index (χ3n) is 8.42. The van der Waals surface area contributed by atoms with E-state index in [-0.39, 0.29) is 12.1 Å². The molecule has 2 unspecified atom stereocenters. The van der Waals surface area contributed by atoms with E-state index in [9.17, 15) is 9.90 Å². The number of aliphatic hydroxyl groups excluding tert-OH is 1. The van der Waals surface area contributed by atoms with Gasteiger partial charge in [0.15, 0.2) is 0 Å². The Balaban J connectivity index is 1.26. The number of amides is 1. The fourth-order valence-corrected chi connectivity index (χ4v) is 6.32. The van der Waals surface area contributed by atoms with Crippen molar-refractivity contribution in [2.45, 2.75) is 89.1 Å². The number of aliphatic hydroxyl groups is 1. The Hall–Kier alpha value is -1.63. The zero-order valence-corrected chi connectivity index (χ0v) is 20.8. The second kappa shape index (κ2) is 8.54. The smallest absolute Gasteiger partial charge is 0.410 e. The molecule has 2 heterocycles. The van der Waals surface area contributed by atoms with E-state index in [1.807, 2.05) is 32.7 Å². The summed E-state index contributed by atoms with van der Waals surface area (Å²) in [6, 6.07) is 9.37. The molecule has 1 aromatic rings. The molecule has 0 aromatic heterocycles. The molecule has 2 aliphatic heterocycles. The monoisotopic (exact) mass is 455 g/mol.